The van der Waals surface area contributed by atoms with Crippen LogP contribution in [0.3, 0.4) is 0 Å². The van der Waals surface area contributed by atoms with E-state index in [1.54, 1.807) is 22.9 Å². The first-order valence-electron chi connectivity index (χ1n) is 10.7. The molecule has 30 heavy (non-hydrogen) atoms. The second-order valence-corrected chi connectivity index (χ2v) is 10.1. The van der Waals surface area contributed by atoms with Gasteiger partial charge < -0.3 is 9.88 Å². The first-order chi connectivity index (χ1) is 14.2. The molecule has 1 saturated heterocycles. The molecular formula is C22H31N3O4S. The fraction of sp³-hybridized carbons (Fsp3) is 0.545. The third kappa shape index (κ3) is 4.30. The summed E-state index contributed by atoms with van der Waals surface area (Å²) in [5.41, 5.74) is 0.208. The van der Waals surface area contributed by atoms with Crippen molar-refractivity contribution in [2.75, 3.05) is 13.1 Å². The van der Waals surface area contributed by atoms with Gasteiger partial charge in [-0.25, -0.2) is 8.42 Å². The van der Waals surface area contributed by atoms with Gasteiger partial charge in [0.05, 0.1) is 10.4 Å². The van der Waals surface area contributed by atoms with E-state index in [4.69, 9.17) is 0 Å². The molecule has 1 aromatic heterocycles. The Morgan fingerprint density at radius 3 is 2.50 bits per heavy atom. The summed E-state index contributed by atoms with van der Waals surface area (Å²) >= 11 is 0. The highest BCUT2D eigenvalue weighted by Crippen LogP contribution is 2.25. The number of amides is 1. The van der Waals surface area contributed by atoms with E-state index in [0.717, 1.165) is 19.3 Å². The van der Waals surface area contributed by atoms with E-state index in [-0.39, 0.29) is 21.9 Å². The van der Waals surface area contributed by atoms with Crippen LogP contribution in [-0.4, -0.2) is 42.3 Å². The summed E-state index contributed by atoms with van der Waals surface area (Å²) in [5.74, 6) is 0.0770. The molecule has 7 nitrogen and oxygen atoms in total. The van der Waals surface area contributed by atoms with Crippen molar-refractivity contribution in [2.45, 2.75) is 64.4 Å². The van der Waals surface area contributed by atoms with Crippen molar-refractivity contribution in [1.29, 1.82) is 0 Å². The topological polar surface area (TPSA) is 88.5 Å². The molecule has 1 aliphatic heterocycles. The lowest BCUT2D eigenvalue weighted by atomic mass is 10.0. The van der Waals surface area contributed by atoms with E-state index in [1.807, 2.05) is 20.8 Å². The second-order valence-electron chi connectivity index (χ2n) is 8.21. The zero-order chi connectivity index (χ0) is 22.1. The van der Waals surface area contributed by atoms with Gasteiger partial charge in [0, 0.05) is 37.3 Å². The SMILES string of the molecule is CC[C@H](C)NC(=O)c1cn(CC)c2ccc(S(=O)(=O)N3CCC(C)CC3)cc2c1=O. The Bertz CT molecular complexity index is 1100. The summed E-state index contributed by atoms with van der Waals surface area (Å²) < 4.78 is 29.6. The van der Waals surface area contributed by atoms with E-state index in [1.165, 1.54) is 10.4 Å². The summed E-state index contributed by atoms with van der Waals surface area (Å²) in [4.78, 5) is 25.9. The summed E-state index contributed by atoms with van der Waals surface area (Å²) in [6.45, 7) is 9.39. The molecule has 0 radical (unpaired) electrons. The average molecular weight is 434 g/mol. The van der Waals surface area contributed by atoms with Crippen LogP contribution in [0, 0.1) is 5.92 Å². The third-order valence-electron chi connectivity index (χ3n) is 6.01. The number of hydrogen-bond donors (Lipinski definition) is 1. The Morgan fingerprint density at radius 1 is 1.23 bits per heavy atom. The van der Waals surface area contributed by atoms with Gasteiger partial charge in [0.2, 0.25) is 15.5 Å². The summed E-state index contributed by atoms with van der Waals surface area (Å²) in [6, 6.07) is 4.59. The minimum atomic E-state index is -3.68. The van der Waals surface area contributed by atoms with Gasteiger partial charge in [-0.2, -0.15) is 4.31 Å². The second kappa shape index (κ2) is 8.89. The van der Waals surface area contributed by atoms with Gasteiger partial charge >= 0.3 is 0 Å². The van der Waals surface area contributed by atoms with Crippen molar-refractivity contribution in [3.8, 4) is 0 Å². The summed E-state index contributed by atoms with van der Waals surface area (Å²) in [7, 11) is -3.68. The Labute approximate surface area is 178 Å². The van der Waals surface area contributed by atoms with E-state index < -0.39 is 21.4 Å². The number of fused-ring (bicyclic) bond motifs is 1. The lowest BCUT2D eigenvalue weighted by Crippen LogP contribution is -2.38. The third-order valence-corrected chi connectivity index (χ3v) is 7.90. The van der Waals surface area contributed by atoms with Crippen molar-refractivity contribution >= 4 is 26.8 Å². The Morgan fingerprint density at radius 2 is 1.90 bits per heavy atom. The van der Waals surface area contributed by atoms with Crippen LogP contribution < -0.4 is 10.7 Å². The van der Waals surface area contributed by atoms with E-state index in [2.05, 4.69) is 12.2 Å². The molecular weight excluding hydrogens is 402 g/mol. The Balaban J connectivity index is 2.09. The first kappa shape index (κ1) is 22.5. The van der Waals surface area contributed by atoms with Gasteiger partial charge in [-0.15, -0.1) is 0 Å². The lowest BCUT2D eigenvalue weighted by Gasteiger charge is -2.29. The van der Waals surface area contributed by atoms with Gasteiger partial charge in [-0.1, -0.05) is 13.8 Å². The highest BCUT2D eigenvalue weighted by atomic mass is 32.2. The van der Waals surface area contributed by atoms with Crippen molar-refractivity contribution in [3.63, 3.8) is 0 Å². The van der Waals surface area contributed by atoms with Crippen molar-refractivity contribution < 1.29 is 13.2 Å². The molecule has 1 aromatic carbocycles. The van der Waals surface area contributed by atoms with Gasteiger partial charge in [-0.05, 0) is 57.2 Å². The molecule has 0 spiro atoms. The molecule has 2 heterocycles. The number of piperidine rings is 1. The number of aromatic nitrogens is 1. The van der Waals surface area contributed by atoms with Crippen molar-refractivity contribution in [1.82, 2.24) is 14.2 Å². The average Bonchev–Trinajstić information content (AvgIpc) is 2.74. The number of hydrogen-bond acceptors (Lipinski definition) is 4. The smallest absolute Gasteiger partial charge is 0.256 e. The Hall–Kier alpha value is -2.19. The molecule has 0 saturated carbocycles. The highest BCUT2D eigenvalue weighted by Gasteiger charge is 2.29. The normalized spacial score (nSPS) is 17.2. The number of benzene rings is 1. The van der Waals surface area contributed by atoms with Crippen LogP contribution in [0.2, 0.25) is 0 Å². The van der Waals surface area contributed by atoms with Gasteiger partial charge in [0.1, 0.15) is 5.56 Å². The number of pyridine rings is 1. The van der Waals surface area contributed by atoms with Crippen molar-refractivity contribution in [2.24, 2.45) is 5.92 Å². The minimum absolute atomic E-state index is 0.0333. The monoisotopic (exact) mass is 433 g/mol. The van der Waals surface area contributed by atoms with Crippen LogP contribution in [0.15, 0.2) is 34.1 Å². The molecule has 1 aliphatic rings. The van der Waals surface area contributed by atoms with Crippen LogP contribution in [-0.2, 0) is 16.6 Å². The maximum atomic E-state index is 13.1. The predicted molar refractivity (Wildman–Crippen MR) is 118 cm³/mol. The number of aryl methyl sites for hydroxylation is 1. The van der Waals surface area contributed by atoms with Crippen LogP contribution in [0.5, 0.6) is 0 Å². The highest BCUT2D eigenvalue weighted by molar-refractivity contribution is 7.89. The zero-order valence-corrected chi connectivity index (χ0v) is 19.0. The maximum absolute atomic E-state index is 13.1. The molecule has 1 atom stereocenters. The number of rotatable bonds is 6. The van der Waals surface area contributed by atoms with Crippen LogP contribution in [0.1, 0.15) is 57.3 Å². The van der Waals surface area contributed by atoms with E-state index in [9.17, 15) is 18.0 Å². The molecule has 8 heteroatoms. The quantitative estimate of drug-likeness (QED) is 0.759. The van der Waals surface area contributed by atoms with Gasteiger partial charge in [0.15, 0.2) is 0 Å². The number of nitrogens with zero attached hydrogens (tertiary/aromatic N) is 2. The number of sulfonamides is 1. The fourth-order valence-corrected chi connectivity index (χ4v) is 5.23. The number of carbonyl (C=O) groups excluding carboxylic acids is 1. The first-order valence-corrected chi connectivity index (χ1v) is 12.1. The molecule has 3 rings (SSSR count). The molecule has 164 valence electrons. The molecule has 1 N–H and O–H groups in total. The number of nitrogens with one attached hydrogen (secondary N) is 1. The molecule has 0 unspecified atom stereocenters. The molecule has 2 aromatic rings. The van der Waals surface area contributed by atoms with E-state index in [0.29, 0.717) is 31.1 Å². The van der Waals surface area contributed by atoms with Crippen LogP contribution >= 0.6 is 0 Å². The summed E-state index contributed by atoms with van der Waals surface area (Å²) in [6.07, 6.45) is 3.96. The number of carbonyl (C=O) groups is 1. The Kier molecular flexibility index (Phi) is 6.67. The predicted octanol–water partition coefficient (Wildman–Crippen LogP) is 2.97. The standard InChI is InChI=1S/C22H31N3O4S/c1-5-16(4)23-22(27)19-14-24(6-2)20-8-7-17(13-18(20)21(19)26)30(28,29)25-11-9-15(3)10-12-25/h7-8,13-16H,5-6,9-12H2,1-4H3,(H,23,27)/t16-/m0/s1. The van der Waals surface area contributed by atoms with Crippen molar-refractivity contribution in [3.05, 3.63) is 40.2 Å². The molecule has 0 bridgehead atoms. The largest absolute Gasteiger partial charge is 0.349 e. The van der Waals surface area contributed by atoms with Crippen LogP contribution in [0.4, 0.5) is 0 Å². The molecule has 0 aliphatic carbocycles. The van der Waals surface area contributed by atoms with Gasteiger partial charge in [-0.3, -0.25) is 9.59 Å². The zero-order valence-electron chi connectivity index (χ0n) is 18.1. The maximum Gasteiger partial charge on any atom is 0.256 e. The molecule has 1 fully saturated rings. The lowest BCUT2D eigenvalue weighted by molar-refractivity contribution is 0.0937. The minimum Gasteiger partial charge on any atom is -0.349 e. The fourth-order valence-electron chi connectivity index (χ4n) is 3.74. The summed E-state index contributed by atoms with van der Waals surface area (Å²) in [5, 5.41) is 3.07. The molecule has 1 amide bonds. The van der Waals surface area contributed by atoms with Crippen LogP contribution in [0.25, 0.3) is 10.9 Å². The van der Waals surface area contributed by atoms with E-state index >= 15 is 0 Å². The van der Waals surface area contributed by atoms with Gasteiger partial charge in [0.25, 0.3) is 5.91 Å².